The molecule has 0 bridgehead atoms. The highest BCUT2D eigenvalue weighted by Crippen LogP contribution is 2.15. The molecule has 1 amide bonds. The second-order valence-electron chi connectivity index (χ2n) is 5.00. The maximum Gasteiger partial charge on any atom is 0.237 e. The summed E-state index contributed by atoms with van der Waals surface area (Å²) >= 11 is 0. The average Bonchev–Trinajstić information content (AvgIpc) is 2.42. The Labute approximate surface area is 118 Å². The third-order valence-electron chi connectivity index (χ3n) is 3.37. The number of rotatable bonds is 5. The van der Waals surface area contributed by atoms with Gasteiger partial charge in [-0.25, -0.2) is 0 Å². The molecular weight excluding hydrogens is 258 g/mol. The quantitative estimate of drug-likeness (QED) is 0.651. The van der Waals surface area contributed by atoms with E-state index in [1.54, 1.807) is 24.3 Å². The fourth-order valence-electron chi connectivity index (χ4n) is 2.20. The lowest BCUT2D eigenvalue weighted by atomic mass is 10.2. The number of ether oxygens (including phenoxy) is 1. The number of carbonyl (C=O) groups is 1. The van der Waals surface area contributed by atoms with Crippen molar-refractivity contribution in [3.05, 3.63) is 24.3 Å². The van der Waals surface area contributed by atoms with Crippen molar-refractivity contribution in [2.45, 2.75) is 19.1 Å². The van der Waals surface area contributed by atoms with E-state index in [0.717, 1.165) is 6.54 Å². The fraction of sp³-hybridized carbons (Fsp3) is 0.500. The summed E-state index contributed by atoms with van der Waals surface area (Å²) in [6, 6.07) is 6.86. The zero-order chi connectivity index (χ0) is 14.5. The van der Waals surface area contributed by atoms with E-state index in [4.69, 9.17) is 10.5 Å². The number of hydrogen-bond donors (Lipinski definition) is 3. The molecule has 2 rings (SSSR count). The summed E-state index contributed by atoms with van der Waals surface area (Å²) in [5.74, 6) is 0.633. The molecule has 0 radical (unpaired) electrons. The monoisotopic (exact) mass is 279 g/mol. The molecule has 1 fully saturated rings. The van der Waals surface area contributed by atoms with Gasteiger partial charge in [-0.2, -0.15) is 0 Å². The van der Waals surface area contributed by atoms with Crippen LogP contribution in [0.15, 0.2) is 24.3 Å². The Balaban J connectivity index is 1.80. The van der Waals surface area contributed by atoms with Gasteiger partial charge in [0.25, 0.3) is 0 Å². The number of carbonyl (C=O) groups excluding carboxylic acids is 1. The molecular formula is C14H21N3O3. The van der Waals surface area contributed by atoms with Crippen LogP contribution in [0.5, 0.6) is 5.75 Å². The summed E-state index contributed by atoms with van der Waals surface area (Å²) in [5.41, 5.74) is 6.28. The molecule has 1 saturated heterocycles. The first-order valence-corrected chi connectivity index (χ1v) is 6.74. The molecule has 1 heterocycles. The van der Waals surface area contributed by atoms with Crippen LogP contribution in [0.1, 0.15) is 6.92 Å². The van der Waals surface area contributed by atoms with Gasteiger partial charge in [0.15, 0.2) is 0 Å². The molecule has 2 atom stereocenters. The van der Waals surface area contributed by atoms with Crippen LogP contribution in [0, 0.1) is 0 Å². The van der Waals surface area contributed by atoms with Crippen LogP contribution in [-0.4, -0.2) is 54.3 Å². The summed E-state index contributed by atoms with van der Waals surface area (Å²) in [4.78, 5) is 13.5. The molecule has 1 aromatic rings. The van der Waals surface area contributed by atoms with Crippen LogP contribution < -0.4 is 15.8 Å². The molecule has 0 spiro atoms. The number of nitrogen functional groups attached to an aromatic ring is 1. The number of nitrogens with one attached hydrogen (secondary N) is 1. The van der Waals surface area contributed by atoms with Crippen LogP contribution in [0.3, 0.4) is 0 Å². The maximum absolute atomic E-state index is 11.5. The molecule has 20 heavy (non-hydrogen) atoms. The molecule has 1 aromatic carbocycles. The minimum Gasteiger partial charge on any atom is -0.491 e. The summed E-state index contributed by atoms with van der Waals surface area (Å²) in [5, 5.41) is 12.8. The molecule has 1 aliphatic rings. The zero-order valence-corrected chi connectivity index (χ0v) is 11.6. The first-order valence-electron chi connectivity index (χ1n) is 6.74. The average molecular weight is 279 g/mol. The van der Waals surface area contributed by atoms with Gasteiger partial charge in [-0.15, -0.1) is 0 Å². The molecule has 1 aliphatic heterocycles. The van der Waals surface area contributed by atoms with Gasteiger partial charge in [0.05, 0.1) is 6.04 Å². The van der Waals surface area contributed by atoms with E-state index in [9.17, 15) is 9.90 Å². The van der Waals surface area contributed by atoms with Crippen LogP contribution >= 0.6 is 0 Å². The number of β-amino-alcohol motifs (C(OH)–C–C–N with tert-alkyl or cyclic N) is 1. The van der Waals surface area contributed by atoms with Crippen molar-refractivity contribution in [3.63, 3.8) is 0 Å². The van der Waals surface area contributed by atoms with Crippen LogP contribution in [0.2, 0.25) is 0 Å². The number of piperazine rings is 1. The predicted octanol–water partition coefficient (Wildman–Crippen LogP) is -0.171. The number of anilines is 1. The highest BCUT2D eigenvalue weighted by atomic mass is 16.5. The van der Waals surface area contributed by atoms with E-state index in [1.807, 2.05) is 11.8 Å². The summed E-state index contributed by atoms with van der Waals surface area (Å²) in [6.07, 6.45) is -0.648. The van der Waals surface area contributed by atoms with Crippen LogP contribution in [0.4, 0.5) is 5.69 Å². The smallest absolute Gasteiger partial charge is 0.237 e. The molecule has 4 N–H and O–H groups in total. The van der Waals surface area contributed by atoms with Gasteiger partial charge in [0.2, 0.25) is 5.91 Å². The van der Waals surface area contributed by atoms with Crippen molar-refractivity contribution < 1.29 is 14.6 Å². The largest absolute Gasteiger partial charge is 0.491 e. The second kappa shape index (κ2) is 6.58. The fourth-order valence-corrected chi connectivity index (χ4v) is 2.20. The van der Waals surface area contributed by atoms with Crippen LogP contribution in [0.25, 0.3) is 0 Å². The van der Waals surface area contributed by atoms with E-state index in [0.29, 0.717) is 24.5 Å². The maximum atomic E-state index is 11.5. The lowest BCUT2D eigenvalue weighted by molar-refractivity contribution is -0.129. The standard InChI is InChI=1S/C14H21N3O3/c1-10-14(19)16-5-6-17(10)8-12(18)9-20-13-4-2-3-11(15)7-13/h2-4,7,10,12,18H,5-6,8-9,15H2,1H3,(H,16,19). The Bertz CT molecular complexity index is 467. The first-order chi connectivity index (χ1) is 9.56. The highest BCUT2D eigenvalue weighted by Gasteiger charge is 2.26. The zero-order valence-electron chi connectivity index (χ0n) is 11.6. The SMILES string of the molecule is CC1C(=O)NCCN1CC(O)COc1cccc(N)c1. The molecule has 110 valence electrons. The van der Waals surface area contributed by atoms with Crippen molar-refractivity contribution in [1.29, 1.82) is 0 Å². The summed E-state index contributed by atoms with van der Waals surface area (Å²) < 4.78 is 5.50. The molecule has 0 saturated carbocycles. The predicted molar refractivity (Wildman–Crippen MR) is 76.4 cm³/mol. The molecule has 0 aromatic heterocycles. The van der Waals surface area contributed by atoms with Gasteiger partial charge in [0, 0.05) is 31.4 Å². The molecule has 6 heteroatoms. The highest BCUT2D eigenvalue weighted by molar-refractivity contribution is 5.81. The van der Waals surface area contributed by atoms with Gasteiger partial charge >= 0.3 is 0 Å². The van der Waals surface area contributed by atoms with Gasteiger partial charge in [-0.05, 0) is 19.1 Å². The van der Waals surface area contributed by atoms with Crippen molar-refractivity contribution in [2.75, 3.05) is 32.0 Å². The van der Waals surface area contributed by atoms with Gasteiger partial charge in [-0.3, -0.25) is 9.69 Å². The Morgan fingerprint density at radius 2 is 2.40 bits per heavy atom. The number of aliphatic hydroxyl groups is 1. The lowest BCUT2D eigenvalue weighted by Gasteiger charge is -2.33. The third-order valence-corrected chi connectivity index (χ3v) is 3.37. The normalized spacial score (nSPS) is 21.3. The van der Waals surface area contributed by atoms with Crippen molar-refractivity contribution in [1.82, 2.24) is 10.2 Å². The Morgan fingerprint density at radius 3 is 3.15 bits per heavy atom. The number of amides is 1. The minimum atomic E-state index is -0.648. The number of benzene rings is 1. The summed E-state index contributed by atoms with van der Waals surface area (Å²) in [7, 11) is 0. The number of aliphatic hydroxyl groups excluding tert-OH is 1. The first kappa shape index (κ1) is 14.6. The van der Waals surface area contributed by atoms with Gasteiger partial charge < -0.3 is 20.9 Å². The number of hydrogen-bond acceptors (Lipinski definition) is 5. The summed E-state index contributed by atoms with van der Waals surface area (Å²) in [6.45, 7) is 3.78. The topological polar surface area (TPSA) is 87.8 Å². The van der Waals surface area contributed by atoms with Gasteiger partial charge in [0.1, 0.15) is 18.5 Å². The number of nitrogens with two attached hydrogens (primary N) is 1. The minimum absolute atomic E-state index is 0.000186. The Morgan fingerprint density at radius 1 is 1.60 bits per heavy atom. The Hall–Kier alpha value is -1.79. The van der Waals surface area contributed by atoms with Crippen molar-refractivity contribution >= 4 is 11.6 Å². The third kappa shape index (κ3) is 3.85. The van der Waals surface area contributed by atoms with Gasteiger partial charge in [-0.1, -0.05) is 6.07 Å². The second-order valence-corrected chi connectivity index (χ2v) is 5.00. The lowest BCUT2D eigenvalue weighted by Crippen LogP contribution is -2.55. The number of nitrogens with zero attached hydrogens (tertiary/aromatic N) is 1. The van der Waals surface area contributed by atoms with E-state index in [2.05, 4.69) is 5.32 Å². The molecule has 6 nitrogen and oxygen atoms in total. The van der Waals surface area contributed by atoms with Crippen LogP contribution in [-0.2, 0) is 4.79 Å². The van der Waals surface area contributed by atoms with E-state index >= 15 is 0 Å². The van der Waals surface area contributed by atoms with E-state index < -0.39 is 6.10 Å². The van der Waals surface area contributed by atoms with Crippen molar-refractivity contribution in [3.8, 4) is 5.75 Å². The van der Waals surface area contributed by atoms with E-state index in [1.165, 1.54) is 0 Å². The van der Waals surface area contributed by atoms with E-state index in [-0.39, 0.29) is 18.6 Å². The molecule has 0 aliphatic carbocycles. The Kier molecular flexibility index (Phi) is 4.81. The molecule has 2 unspecified atom stereocenters. The van der Waals surface area contributed by atoms with Crippen molar-refractivity contribution in [2.24, 2.45) is 0 Å².